The van der Waals surface area contributed by atoms with Gasteiger partial charge in [-0.15, -0.1) is 0 Å². The maximum absolute atomic E-state index is 13.7. The molecule has 0 aromatic heterocycles. The lowest BCUT2D eigenvalue weighted by Crippen LogP contribution is -2.51. The Balaban J connectivity index is 2.19. The van der Waals surface area contributed by atoms with Crippen LogP contribution in [0, 0.1) is 11.8 Å². The lowest BCUT2D eigenvalue weighted by molar-refractivity contribution is -0.143. The van der Waals surface area contributed by atoms with Gasteiger partial charge in [-0.2, -0.15) is 0 Å². The summed E-state index contributed by atoms with van der Waals surface area (Å²) in [6.45, 7) is 12.1. The standard InChI is InChI=1S/C42H61N3O9/c1-8-10-12-14-34(40(51)52)44-38(49)27(3)25-36(48)37(28(4)46)45-39(50)33(23-24-43-41(53)54-42(5,6)7)26-35(47)32-21-19-31(20-22-32)30-17-15-29(16-18-30)13-11-9-2/h15-22,27-28,33-34,37,46H,8-14,23-26H2,1-7H3,(H,43,53)(H,44,49)(H,45,50)(H,51,52)/t27-,28-,33-,34+,37+/m1/s1. The summed E-state index contributed by atoms with van der Waals surface area (Å²) in [4.78, 5) is 77.5. The third kappa shape index (κ3) is 16.2. The van der Waals surface area contributed by atoms with Gasteiger partial charge in [0.05, 0.1) is 6.10 Å². The molecule has 5 N–H and O–H groups in total. The van der Waals surface area contributed by atoms with Crippen molar-refractivity contribution in [3.63, 3.8) is 0 Å². The monoisotopic (exact) mass is 751 g/mol. The van der Waals surface area contributed by atoms with Crippen molar-refractivity contribution >= 4 is 35.4 Å². The largest absolute Gasteiger partial charge is 0.480 e. The number of carboxylic acid groups (broad SMARTS) is 1. The molecule has 0 bridgehead atoms. The predicted octanol–water partition coefficient (Wildman–Crippen LogP) is 6.41. The van der Waals surface area contributed by atoms with E-state index >= 15 is 0 Å². The minimum absolute atomic E-state index is 0.0129. The quantitative estimate of drug-likeness (QED) is 0.0632. The zero-order valence-electron chi connectivity index (χ0n) is 33.0. The molecule has 2 aromatic rings. The highest BCUT2D eigenvalue weighted by molar-refractivity contribution is 6.00. The Kier molecular flexibility index (Phi) is 19.1. The number of Topliss-reactive ketones (excluding diaryl/α,β-unsaturated/α-hetero) is 2. The topological polar surface area (TPSA) is 188 Å². The van der Waals surface area contributed by atoms with Crippen LogP contribution < -0.4 is 16.0 Å². The molecule has 0 radical (unpaired) electrons. The Morgan fingerprint density at radius 2 is 1.35 bits per heavy atom. The number of nitrogens with one attached hydrogen (secondary N) is 3. The van der Waals surface area contributed by atoms with Crippen LogP contribution in [0.5, 0.6) is 0 Å². The molecule has 0 spiro atoms. The van der Waals surface area contributed by atoms with E-state index in [1.807, 2.05) is 31.2 Å². The molecular formula is C42H61N3O9. The van der Waals surface area contributed by atoms with Gasteiger partial charge in [0.1, 0.15) is 17.7 Å². The molecule has 54 heavy (non-hydrogen) atoms. The third-order valence-electron chi connectivity index (χ3n) is 9.07. The second-order valence-corrected chi connectivity index (χ2v) is 15.1. The summed E-state index contributed by atoms with van der Waals surface area (Å²) in [7, 11) is 0. The highest BCUT2D eigenvalue weighted by Gasteiger charge is 2.33. The number of aliphatic hydroxyl groups excluding tert-OH is 1. The number of benzene rings is 2. The van der Waals surface area contributed by atoms with E-state index in [2.05, 4.69) is 35.0 Å². The van der Waals surface area contributed by atoms with Gasteiger partial charge in [-0.05, 0) is 70.1 Å². The molecule has 0 aliphatic carbocycles. The van der Waals surface area contributed by atoms with E-state index in [0.717, 1.165) is 43.2 Å². The molecule has 12 nitrogen and oxygen atoms in total. The van der Waals surface area contributed by atoms with Crippen molar-refractivity contribution in [3.8, 4) is 11.1 Å². The summed E-state index contributed by atoms with van der Waals surface area (Å²) >= 11 is 0. The zero-order chi connectivity index (χ0) is 40.4. The van der Waals surface area contributed by atoms with Crippen LogP contribution in [-0.2, 0) is 30.3 Å². The fraction of sp³-hybridized carbons (Fsp3) is 0.571. The number of aliphatic carboxylic acids is 1. The molecule has 0 saturated heterocycles. The summed E-state index contributed by atoms with van der Waals surface area (Å²) in [5.74, 6) is -5.40. The number of hydrogen-bond donors (Lipinski definition) is 5. The molecule has 298 valence electrons. The molecule has 0 unspecified atom stereocenters. The van der Waals surface area contributed by atoms with Gasteiger partial charge in [-0.25, -0.2) is 9.59 Å². The first kappa shape index (κ1) is 45.6. The number of alkyl carbamates (subject to hydrolysis) is 1. The van der Waals surface area contributed by atoms with E-state index in [1.165, 1.54) is 19.4 Å². The van der Waals surface area contributed by atoms with Gasteiger partial charge in [0.25, 0.3) is 0 Å². The summed E-state index contributed by atoms with van der Waals surface area (Å²) in [5.41, 5.74) is 2.84. The number of carboxylic acids is 1. The smallest absolute Gasteiger partial charge is 0.407 e. The number of aryl methyl sites for hydroxylation is 1. The highest BCUT2D eigenvalue weighted by Crippen LogP contribution is 2.23. The number of rotatable bonds is 23. The van der Waals surface area contributed by atoms with Gasteiger partial charge in [0, 0.05) is 36.8 Å². The molecule has 0 aliphatic rings. The number of aliphatic hydroxyl groups is 1. The zero-order valence-corrected chi connectivity index (χ0v) is 33.0. The van der Waals surface area contributed by atoms with E-state index in [4.69, 9.17) is 4.74 Å². The van der Waals surface area contributed by atoms with Gasteiger partial charge < -0.3 is 30.9 Å². The molecule has 0 fully saturated rings. The number of carbonyl (C=O) groups excluding carboxylic acids is 5. The average Bonchev–Trinajstić information content (AvgIpc) is 3.11. The Morgan fingerprint density at radius 3 is 1.89 bits per heavy atom. The van der Waals surface area contributed by atoms with E-state index in [0.29, 0.717) is 12.0 Å². The molecule has 2 rings (SSSR count). The fourth-order valence-corrected chi connectivity index (χ4v) is 5.86. The number of unbranched alkanes of at least 4 members (excludes halogenated alkanes) is 3. The summed E-state index contributed by atoms with van der Waals surface area (Å²) < 4.78 is 5.29. The van der Waals surface area contributed by atoms with Crippen molar-refractivity contribution in [1.29, 1.82) is 0 Å². The Morgan fingerprint density at radius 1 is 0.759 bits per heavy atom. The second-order valence-electron chi connectivity index (χ2n) is 15.1. The van der Waals surface area contributed by atoms with Crippen LogP contribution in [0.3, 0.4) is 0 Å². The lowest BCUT2D eigenvalue weighted by Gasteiger charge is -2.25. The van der Waals surface area contributed by atoms with Gasteiger partial charge in [-0.3, -0.25) is 19.2 Å². The molecule has 5 atom stereocenters. The fourth-order valence-electron chi connectivity index (χ4n) is 5.86. The number of ketones is 2. The lowest BCUT2D eigenvalue weighted by atomic mass is 9.92. The van der Waals surface area contributed by atoms with Crippen LogP contribution in [0.2, 0.25) is 0 Å². The van der Waals surface area contributed by atoms with E-state index < -0.39 is 65.3 Å². The number of ether oxygens (including phenoxy) is 1. The first-order valence-corrected chi connectivity index (χ1v) is 19.2. The van der Waals surface area contributed by atoms with E-state index in [-0.39, 0.29) is 38.0 Å². The number of amides is 3. The van der Waals surface area contributed by atoms with E-state index in [1.54, 1.807) is 32.9 Å². The maximum Gasteiger partial charge on any atom is 0.407 e. The highest BCUT2D eigenvalue weighted by atomic mass is 16.6. The first-order chi connectivity index (χ1) is 25.4. The Labute approximate surface area is 320 Å². The van der Waals surface area contributed by atoms with Crippen LogP contribution in [-0.4, -0.2) is 76.0 Å². The van der Waals surface area contributed by atoms with Crippen molar-refractivity contribution in [2.24, 2.45) is 11.8 Å². The van der Waals surface area contributed by atoms with Gasteiger partial charge >= 0.3 is 12.1 Å². The SMILES string of the molecule is CCCCC[C@H](NC(=O)[C@H](C)CC(=O)[C@@H](NC(=O)[C@H](CCNC(=O)OC(C)(C)C)CC(=O)c1ccc(-c2ccc(CCCC)cc2)cc1)[C@@H](C)O)C(=O)O. The van der Waals surface area contributed by atoms with Gasteiger partial charge in [-0.1, -0.05) is 95.0 Å². The normalized spacial score (nSPS) is 14.1. The first-order valence-electron chi connectivity index (χ1n) is 19.2. The van der Waals surface area contributed by atoms with E-state index in [9.17, 15) is 39.0 Å². The average molecular weight is 752 g/mol. The number of carbonyl (C=O) groups is 6. The summed E-state index contributed by atoms with van der Waals surface area (Å²) in [6, 6.07) is 12.9. The minimum atomic E-state index is -1.41. The molecule has 2 aromatic carbocycles. The molecule has 3 amide bonds. The van der Waals surface area contributed by atoms with Gasteiger partial charge in [0.15, 0.2) is 11.6 Å². The molecule has 0 heterocycles. The van der Waals surface area contributed by atoms with Crippen molar-refractivity contribution < 1.29 is 43.7 Å². The molecular weight excluding hydrogens is 690 g/mol. The summed E-state index contributed by atoms with van der Waals surface area (Å²) in [5, 5.41) is 27.8. The van der Waals surface area contributed by atoms with Crippen LogP contribution in [0.25, 0.3) is 11.1 Å². The Hall–Kier alpha value is -4.58. The van der Waals surface area contributed by atoms with Crippen molar-refractivity contribution in [2.45, 2.75) is 136 Å². The molecule has 12 heteroatoms. The van der Waals surface area contributed by atoms with Crippen LogP contribution in [0.4, 0.5) is 4.79 Å². The number of hydrogen-bond acceptors (Lipinski definition) is 8. The molecule has 0 saturated carbocycles. The minimum Gasteiger partial charge on any atom is -0.480 e. The van der Waals surface area contributed by atoms with Gasteiger partial charge in [0.2, 0.25) is 11.8 Å². The molecule has 0 aliphatic heterocycles. The van der Waals surface area contributed by atoms with Crippen molar-refractivity contribution in [1.82, 2.24) is 16.0 Å². The second kappa shape index (κ2) is 22.6. The summed E-state index contributed by atoms with van der Waals surface area (Å²) in [6.07, 6.45) is 3.19. The van der Waals surface area contributed by atoms with Crippen molar-refractivity contribution in [3.05, 3.63) is 59.7 Å². The Bertz CT molecular complexity index is 1530. The van der Waals surface area contributed by atoms with Crippen LogP contribution in [0.15, 0.2) is 48.5 Å². The predicted molar refractivity (Wildman–Crippen MR) is 208 cm³/mol. The van der Waals surface area contributed by atoms with Crippen LogP contribution in [0.1, 0.15) is 122 Å². The van der Waals surface area contributed by atoms with Crippen LogP contribution >= 0.6 is 0 Å². The maximum atomic E-state index is 13.7. The van der Waals surface area contributed by atoms with Crippen molar-refractivity contribution in [2.75, 3.05) is 6.54 Å². The third-order valence-corrected chi connectivity index (χ3v) is 9.07.